The van der Waals surface area contributed by atoms with Crippen molar-refractivity contribution in [3.05, 3.63) is 33.8 Å². The maximum Gasteiger partial charge on any atom is 0.317 e. The largest absolute Gasteiger partial charge is 0.337 e. The highest BCUT2D eigenvalue weighted by atomic mass is 35.5. The van der Waals surface area contributed by atoms with Crippen LogP contribution in [0.25, 0.3) is 0 Å². The molecule has 0 aromatic heterocycles. The lowest BCUT2D eigenvalue weighted by atomic mass is 10.1. The molecular formula is C17H23Cl2N3O2. The van der Waals surface area contributed by atoms with E-state index in [-0.39, 0.29) is 17.5 Å². The molecule has 0 atom stereocenters. The third-order valence-corrected chi connectivity index (χ3v) is 4.46. The number of carbonyl (C=O) groups is 2. The number of nitrogens with zero attached hydrogens (tertiary/aromatic N) is 2. The van der Waals surface area contributed by atoms with Crippen molar-refractivity contribution in [2.75, 3.05) is 26.2 Å². The third-order valence-electron chi connectivity index (χ3n) is 3.72. The Kier molecular flexibility index (Phi) is 5.99. The van der Waals surface area contributed by atoms with Crippen molar-refractivity contribution in [2.45, 2.75) is 32.7 Å². The summed E-state index contributed by atoms with van der Waals surface area (Å²) in [7, 11) is 0. The summed E-state index contributed by atoms with van der Waals surface area (Å²) in [5.74, 6) is -0.0911. The van der Waals surface area contributed by atoms with Gasteiger partial charge in [-0.2, -0.15) is 0 Å². The molecule has 1 heterocycles. The minimum atomic E-state index is -0.279. The molecule has 1 saturated heterocycles. The molecule has 0 spiro atoms. The third kappa shape index (κ3) is 5.02. The normalized spacial score (nSPS) is 15.9. The fourth-order valence-corrected chi connectivity index (χ4v) is 2.83. The number of hydrogen-bond acceptors (Lipinski definition) is 2. The van der Waals surface area contributed by atoms with Crippen LogP contribution in [0, 0.1) is 0 Å². The van der Waals surface area contributed by atoms with Crippen molar-refractivity contribution in [1.82, 2.24) is 15.1 Å². The first kappa shape index (κ1) is 18.9. The standard InChI is InChI=1S/C17H23Cl2N3O2/c1-17(2,3)20-16(24)22-8-4-7-21(9-10-22)15(23)12-5-6-13(18)14(19)11-12/h5-6,11H,4,7-10H2,1-3H3,(H,20,24). The summed E-state index contributed by atoms with van der Waals surface area (Å²) < 4.78 is 0. The van der Waals surface area contributed by atoms with E-state index in [2.05, 4.69) is 5.32 Å². The molecule has 3 amide bonds. The number of urea groups is 1. The molecule has 1 fully saturated rings. The topological polar surface area (TPSA) is 52.7 Å². The lowest BCUT2D eigenvalue weighted by Crippen LogP contribution is -2.49. The van der Waals surface area contributed by atoms with E-state index >= 15 is 0 Å². The molecule has 1 aromatic carbocycles. The van der Waals surface area contributed by atoms with E-state index in [0.29, 0.717) is 41.8 Å². The van der Waals surface area contributed by atoms with Gasteiger partial charge in [-0.3, -0.25) is 4.79 Å². The van der Waals surface area contributed by atoms with Crippen molar-refractivity contribution < 1.29 is 9.59 Å². The summed E-state index contributed by atoms with van der Waals surface area (Å²) in [5, 5.41) is 3.75. The van der Waals surface area contributed by atoms with Crippen LogP contribution in [0.3, 0.4) is 0 Å². The van der Waals surface area contributed by atoms with Crippen LogP contribution in [0.1, 0.15) is 37.6 Å². The van der Waals surface area contributed by atoms with Gasteiger partial charge >= 0.3 is 6.03 Å². The Hall–Kier alpha value is -1.46. The Labute approximate surface area is 152 Å². The molecular weight excluding hydrogens is 349 g/mol. The molecule has 1 aromatic rings. The van der Waals surface area contributed by atoms with E-state index in [0.717, 1.165) is 6.42 Å². The Morgan fingerprint density at radius 3 is 2.25 bits per heavy atom. The van der Waals surface area contributed by atoms with E-state index in [1.807, 2.05) is 20.8 Å². The van der Waals surface area contributed by atoms with E-state index in [9.17, 15) is 9.59 Å². The van der Waals surface area contributed by atoms with E-state index in [4.69, 9.17) is 23.2 Å². The lowest BCUT2D eigenvalue weighted by molar-refractivity contribution is 0.0762. The van der Waals surface area contributed by atoms with Gasteiger partial charge in [0, 0.05) is 37.3 Å². The fraction of sp³-hybridized carbons (Fsp3) is 0.529. The summed E-state index contributed by atoms with van der Waals surface area (Å²) >= 11 is 11.9. The zero-order valence-electron chi connectivity index (χ0n) is 14.2. The van der Waals surface area contributed by atoms with Crippen LogP contribution in [0.4, 0.5) is 4.79 Å². The molecule has 1 aliphatic heterocycles. The molecule has 7 heteroatoms. The number of benzene rings is 1. The van der Waals surface area contributed by atoms with Crippen molar-refractivity contribution in [3.8, 4) is 0 Å². The molecule has 0 aliphatic carbocycles. The zero-order valence-corrected chi connectivity index (χ0v) is 15.7. The van der Waals surface area contributed by atoms with E-state index in [1.165, 1.54) is 0 Å². The first-order chi connectivity index (χ1) is 11.2. The average Bonchev–Trinajstić information content (AvgIpc) is 2.73. The number of halogens is 2. The van der Waals surface area contributed by atoms with Crippen LogP contribution in [0.15, 0.2) is 18.2 Å². The van der Waals surface area contributed by atoms with Crippen molar-refractivity contribution in [2.24, 2.45) is 0 Å². The van der Waals surface area contributed by atoms with Crippen molar-refractivity contribution >= 4 is 35.1 Å². The highest BCUT2D eigenvalue weighted by Crippen LogP contribution is 2.23. The van der Waals surface area contributed by atoms with Gasteiger partial charge in [0.2, 0.25) is 0 Å². The Balaban J connectivity index is 2.01. The molecule has 5 nitrogen and oxygen atoms in total. The number of carbonyl (C=O) groups excluding carboxylic acids is 2. The van der Waals surface area contributed by atoms with Gasteiger partial charge in [-0.1, -0.05) is 23.2 Å². The summed E-state index contributed by atoms with van der Waals surface area (Å²) in [6.45, 7) is 8.09. The minimum absolute atomic E-state index is 0.0911. The van der Waals surface area contributed by atoms with Gasteiger partial charge in [0.25, 0.3) is 5.91 Å². The molecule has 1 N–H and O–H groups in total. The maximum atomic E-state index is 12.6. The minimum Gasteiger partial charge on any atom is -0.337 e. The number of amides is 3. The van der Waals surface area contributed by atoms with Gasteiger partial charge in [0.15, 0.2) is 0 Å². The zero-order chi connectivity index (χ0) is 17.9. The van der Waals surface area contributed by atoms with Gasteiger partial charge in [0.05, 0.1) is 10.0 Å². The summed E-state index contributed by atoms with van der Waals surface area (Å²) in [4.78, 5) is 28.4. The molecule has 1 aliphatic rings. The first-order valence-electron chi connectivity index (χ1n) is 7.99. The molecule has 0 radical (unpaired) electrons. The molecule has 132 valence electrons. The second kappa shape index (κ2) is 7.62. The summed E-state index contributed by atoms with van der Waals surface area (Å²) in [6, 6.07) is 4.79. The van der Waals surface area contributed by atoms with Crippen molar-refractivity contribution in [1.29, 1.82) is 0 Å². The number of nitrogens with one attached hydrogen (secondary N) is 1. The summed E-state index contributed by atoms with van der Waals surface area (Å²) in [6.07, 6.45) is 0.741. The fourth-order valence-electron chi connectivity index (χ4n) is 2.54. The number of hydrogen-bond donors (Lipinski definition) is 1. The van der Waals surface area contributed by atoms with E-state index < -0.39 is 0 Å². The molecule has 2 rings (SSSR count). The SMILES string of the molecule is CC(C)(C)NC(=O)N1CCCN(C(=O)c2ccc(Cl)c(Cl)c2)CC1. The lowest BCUT2D eigenvalue weighted by Gasteiger charge is -2.27. The highest BCUT2D eigenvalue weighted by molar-refractivity contribution is 6.42. The predicted molar refractivity (Wildman–Crippen MR) is 96.8 cm³/mol. The second-order valence-electron chi connectivity index (χ2n) is 6.94. The highest BCUT2D eigenvalue weighted by Gasteiger charge is 2.25. The van der Waals surface area contributed by atoms with Gasteiger partial charge in [-0.05, 0) is 45.4 Å². The quantitative estimate of drug-likeness (QED) is 0.818. The van der Waals surface area contributed by atoms with Gasteiger partial charge in [0.1, 0.15) is 0 Å². The van der Waals surface area contributed by atoms with Crippen LogP contribution in [0.2, 0.25) is 10.0 Å². The molecule has 0 bridgehead atoms. The Morgan fingerprint density at radius 1 is 1.00 bits per heavy atom. The first-order valence-corrected chi connectivity index (χ1v) is 8.74. The van der Waals surface area contributed by atoms with E-state index in [1.54, 1.807) is 28.0 Å². The average molecular weight is 372 g/mol. The summed E-state index contributed by atoms with van der Waals surface area (Å²) in [5.41, 5.74) is 0.232. The maximum absolute atomic E-state index is 12.6. The Morgan fingerprint density at radius 2 is 1.62 bits per heavy atom. The monoisotopic (exact) mass is 371 g/mol. The van der Waals surface area contributed by atoms with Crippen LogP contribution >= 0.6 is 23.2 Å². The van der Waals surface area contributed by atoms with Crippen molar-refractivity contribution in [3.63, 3.8) is 0 Å². The van der Waals surface area contributed by atoms with Crippen LogP contribution < -0.4 is 5.32 Å². The van der Waals surface area contributed by atoms with Crippen LogP contribution in [-0.4, -0.2) is 53.5 Å². The Bertz CT molecular complexity index is 629. The second-order valence-corrected chi connectivity index (χ2v) is 7.76. The smallest absolute Gasteiger partial charge is 0.317 e. The van der Waals surface area contributed by atoms with Gasteiger partial charge in [-0.25, -0.2) is 4.79 Å². The van der Waals surface area contributed by atoms with Crippen LogP contribution in [-0.2, 0) is 0 Å². The van der Waals surface area contributed by atoms with Crippen LogP contribution in [0.5, 0.6) is 0 Å². The number of rotatable bonds is 1. The molecule has 0 unspecified atom stereocenters. The van der Waals surface area contributed by atoms with Gasteiger partial charge in [-0.15, -0.1) is 0 Å². The predicted octanol–water partition coefficient (Wildman–Crippen LogP) is 3.65. The van der Waals surface area contributed by atoms with Gasteiger partial charge < -0.3 is 15.1 Å². The molecule has 0 saturated carbocycles. The molecule has 24 heavy (non-hydrogen) atoms.